The van der Waals surface area contributed by atoms with Crippen LogP contribution in [-0.2, 0) is 14.3 Å². The van der Waals surface area contributed by atoms with Gasteiger partial charge in [-0.25, -0.2) is 0 Å². The van der Waals surface area contributed by atoms with Crippen molar-refractivity contribution < 1.29 is 19.1 Å². The molecule has 7 heteroatoms. The average Bonchev–Trinajstić information content (AvgIpc) is 2.67. The Bertz CT molecular complexity index is 556. The first-order chi connectivity index (χ1) is 9.11. The number of carbonyl (C=O) groups is 3. The zero-order valence-electron chi connectivity index (χ0n) is 10.0. The predicted octanol–water partition coefficient (Wildman–Crippen LogP) is 1.29. The summed E-state index contributed by atoms with van der Waals surface area (Å²) in [4.78, 5) is 39.8. The van der Waals surface area contributed by atoms with Crippen LogP contribution in [0, 0.1) is 0 Å². The van der Waals surface area contributed by atoms with Crippen LogP contribution in [0.15, 0.2) is 29.4 Å². The molecular weight excluding hydrogens is 268 g/mol. The van der Waals surface area contributed by atoms with E-state index < -0.39 is 17.1 Å². The zero-order chi connectivity index (χ0) is 13.8. The number of aromatic nitrogens is 1. The van der Waals surface area contributed by atoms with E-state index in [-0.39, 0.29) is 11.4 Å². The number of esters is 1. The fraction of sp³-hybridized carbons (Fsp3) is 0.167. The van der Waals surface area contributed by atoms with Crippen LogP contribution in [0.5, 0.6) is 0 Å². The van der Waals surface area contributed by atoms with Crippen LogP contribution in [0.25, 0.3) is 6.08 Å². The molecule has 0 aliphatic carbocycles. The number of hydrogen-bond acceptors (Lipinski definition) is 6. The highest BCUT2D eigenvalue weighted by Gasteiger charge is 2.36. The topological polar surface area (TPSA) is 76.6 Å². The van der Waals surface area contributed by atoms with Crippen molar-refractivity contribution in [2.45, 2.75) is 0 Å². The van der Waals surface area contributed by atoms with Gasteiger partial charge in [0.15, 0.2) is 0 Å². The second-order valence-electron chi connectivity index (χ2n) is 3.63. The maximum atomic E-state index is 12.0. The van der Waals surface area contributed by atoms with Crippen LogP contribution in [0.4, 0.5) is 4.79 Å². The van der Waals surface area contributed by atoms with Crippen LogP contribution in [0.1, 0.15) is 5.56 Å². The van der Waals surface area contributed by atoms with Crippen molar-refractivity contribution in [2.24, 2.45) is 0 Å². The SMILES string of the molecule is COC(=O)CN1C(=O)S/C(=C\c2cccnc2)C1=O. The van der Waals surface area contributed by atoms with E-state index in [2.05, 4.69) is 9.72 Å². The molecule has 0 N–H and O–H groups in total. The first-order valence-corrected chi connectivity index (χ1v) is 6.15. The number of thioether (sulfide) groups is 1. The van der Waals surface area contributed by atoms with E-state index in [1.807, 2.05) is 0 Å². The Kier molecular flexibility index (Phi) is 3.96. The summed E-state index contributed by atoms with van der Waals surface area (Å²) in [5.74, 6) is -1.13. The number of pyridine rings is 1. The standard InChI is InChI=1S/C12H10N2O4S/c1-18-10(15)7-14-11(16)9(19-12(14)17)5-8-3-2-4-13-6-8/h2-6H,7H2,1H3/b9-5-. The molecule has 2 heterocycles. The van der Waals surface area contributed by atoms with Gasteiger partial charge in [0.1, 0.15) is 6.54 Å². The Hall–Kier alpha value is -2.15. The number of imide groups is 1. The highest BCUT2D eigenvalue weighted by Crippen LogP contribution is 2.31. The minimum absolute atomic E-state index is 0.266. The molecule has 1 aliphatic heterocycles. The van der Waals surface area contributed by atoms with E-state index in [0.29, 0.717) is 5.56 Å². The van der Waals surface area contributed by atoms with Gasteiger partial charge in [0.05, 0.1) is 12.0 Å². The lowest BCUT2D eigenvalue weighted by molar-refractivity contribution is -0.143. The van der Waals surface area contributed by atoms with Gasteiger partial charge < -0.3 is 4.74 Å². The van der Waals surface area contributed by atoms with Crippen molar-refractivity contribution >= 4 is 35.0 Å². The summed E-state index contributed by atoms with van der Waals surface area (Å²) in [5.41, 5.74) is 0.714. The molecular formula is C12H10N2O4S. The lowest BCUT2D eigenvalue weighted by Gasteiger charge is -2.09. The van der Waals surface area contributed by atoms with Gasteiger partial charge in [-0.3, -0.25) is 24.3 Å². The number of nitrogens with zero attached hydrogens (tertiary/aromatic N) is 2. The van der Waals surface area contributed by atoms with Crippen molar-refractivity contribution in [1.29, 1.82) is 0 Å². The Balaban J connectivity index is 2.18. The van der Waals surface area contributed by atoms with Gasteiger partial charge in [0, 0.05) is 12.4 Å². The number of methoxy groups -OCH3 is 1. The monoisotopic (exact) mass is 278 g/mol. The second kappa shape index (κ2) is 5.66. The van der Waals surface area contributed by atoms with Crippen molar-refractivity contribution in [3.8, 4) is 0 Å². The molecule has 0 spiro atoms. The summed E-state index contributed by atoms with van der Waals surface area (Å²) in [6.07, 6.45) is 4.75. The van der Waals surface area contributed by atoms with Gasteiger partial charge in [0.2, 0.25) is 0 Å². The summed E-state index contributed by atoms with van der Waals surface area (Å²) < 4.78 is 4.44. The van der Waals surface area contributed by atoms with E-state index in [0.717, 1.165) is 16.7 Å². The molecule has 1 saturated heterocycles. The van der Waals surface area contributed by atoms with E-state index in [1.165, 1.54) is 7.11 Å². The van der Waals surface area contributed by atoms with Crippen LogP contribution in [-0.4, -0.2) is 40.7 Å². The Morgan fingerprint density at radius 2 is 2.32 bits per heavy atom. The van der Waals surface area contributed by atoms with Gasteiger partial charge in [-0.2, -0.15) is 0 Å². The summed E-state index contributed by atoms with van der Waals surface area (Å²) in [7, 11) is 1.20. The fourth-order valence-electron chi connectivity index (χ4n) is 1.44. The average molecular weight is 278 g/mol. The first kappa shape index (κ1) is 13.3. The summed E-state index contributed by atoms with van der Waals surface area (Å²) in [6.45, 7) is -0.369. The second-order valence-corrected chi connectivity index (χ2v) is 4.62. The maximum Gasteiger partial charge on any atom is 0.325 e. The molecule has 1 aromatic heterocycles. The third-order valence-electron chi connectivity index (χ3n) is 2.37. The summed E-state index contributed by atoms with van der Waals surface area (Å²) in [6, 6.07) is 3.49. The van der Waals surface area contributed by atoms with Crippen LogP contribution in [0.3, 0.4) is 0 Å². The molecule has 0 atom stereocenters. The first-order valence-electron chi connectivity index (χ1n) is 5.34. The number of rotatable bonds is 3. The third kappa shape index (κ3) is 3.00. The molecule has 2 rings (SSSR count). The van der Waals surface area contributed by atoms with Crippen LogP contribution in [0.2, 0.25) is 0 Å². The summed E-state index contributed by atoms with van der Waals surface area (Å²) >= 11 is 0.792. The largest absolute Gasteiger partial charge is 0.468 e. The van der Waals surface area contributed by atoms with Gasteiger partial charge >= 0.3 is 5.97 Å². The Morgan fingerprint density at radius 1 is 1.53 bits per heavy atom. The normalized spacial score (nSPS) is 17.1. The Morgan fingerprint density at radius 3 is 2.95 bits per heavy atom. The molecule has 0 unspecified atom stereocenters. The quantitative estimate of drug-likeness (QED) is 0.612. The predicted molar refractivity (Wildman–Crippen MR) is 68.9 cm³/mol. The molecule has 0 aromatic carbocycles. The van der Waals surface area contributed by atoms with Crippen LogP contribution < -0.4 is 0 Å². The Labute approximate surface area is 113 Å². The molecule has 6 nitrogen and oxygen atoms in total. The molecule has 2 amide bonds. The van der Waals surface area contributed by atoms with Gasteiger partial charge in [-0.15, -0.1) is 0 Å². The molecule has 0 radical (unpaired) electrons. The van der Waals surface area contributed by atoms with E-state index in [1.54, 1.807) is 30.6 Å². The molecule has 1 fully saturated rings. The maximum absolute atomic E-state index is 12.0. The summed E-state index contributed by atoms with van der Waals surface area (Å²) in [5, 5.41) is -0.481. The van der Waals surface area contributed by atoms with Crippen molar-refractivity contribution in [3.63, 3.8) is 0 Å². The van der Waals surface area contributed by atoms with Gasteiger partial charge in [0.25, 0.3) is 11.1 Å². The van der Waals surface area contributed by atoms with Gasteiger partial charge in [-0.1, -0.05) is 6.07 Å². The number of amides is 2. The number of ether oxygens (including phenoxy) is 1. The minimum atomic E-state index is -0.634. The highest BCUT2D eigenvalue weighted by atomic mass is 32.2. The smallest absolute Gasteiger partial charge is 0.325 e. The molecule has 98 valence electrons. The molecule has 19 heavy (non-hydrogen) atoms. The molecule has 1 aromatic rings. The molecule has 0 saturated carbocycles. The fourth-order valence-corrected chi connectivity index (χ4v) is 2.28. The number of hydrogen-bond donors (Lipinski definition) is 0. The van der Waals surface area contributed by atoms with Crippen molar-refractivity contribution in [3.05, 3.63) is 35.0 Å². The van der Waals surface area contributed by atoms with E-state index in [4.69, 9.17) is 0 Å². The van der Waals surface area contributed by atoms with Crippen molar-refractivity contribution in [2.75, 3.05) is 13.7 Å². The van der Waals surface area contributed by atoms with Crippen molar-refractivity contribution in [1.82, 2.24) is 9.88 Å². The number of carbonyl (C=O) groups excluding carboxylic acids is 3. The third-order valence-corrected chi connectivity index (χ3v) is 3.28. The lowest BCUT2D eigenvalue weighted by atomic mass is 10.2. The van der Waals surface area contributed by atoms with Gasteiger partial charge in [-0.05, 0) is 29.5 Å². The molecule has 1 aliphatic rings. The van der Waals surface area contributed by atoms with E-state index >= 15 is 0 Å². The minimum Gasteiger partial charge on any atom is -0.468 e. The van der Waals surface area contributed by atoms with E-state index in [9.17, 15) is 14.4 Å². The molecule has 0 bridgehead atoms. The van der Waals surface area contributed by atoms with Crippen LogP contribution >= 0.6 is 11.8 Å². The zero-order valence-corrected chi connectivity index (χ0v) is 10.8. The highest BCUT2D eigenvalue weighted by molar-refractivity contribution is 8.18. The lowest BCUT2D eigenvalue weighted by Crippen LogP contribution is -2.34.